The van der Waals surface area contributed by atoms with E-state index < -0.39 is 0 Å². The molecule has 0 aromatic carbocycles. The summed E-state index contributed by atoms with van der Waals surface area (Å²) in [6.45, 7) is 4.18. The fraction of sp³-hybridized carbons (Fsp3) is 0.357. The maximum Gasteiger partial charge on any atom is 0.339 e. The Kier molecular flexibility index (Phi) is 4.34. The second-order valence-electron chi connectivity index (χ2n) is 4.29. The number of nitrogens with one attached hydrogen (secondary N) is 1. The molecule has 0 bridgehead atoms. The topological polar surface area (TPSA) is 69.0 Å². The highest BCUT2D eigenvalue weighted by atomic mass is 16.5. The highest BCUT2D eigenvalue weighted by molar-refractivity contribution is 5.89. The molecule has 2 rings (SSSR count). The number of esters is 1. The molecule has 0 radical (unpaired) electrons. The van der Waals surface area contributed by atoms with Gasteiger partial charge in [-0.2, -0.15) is 5.10 Å². The van der Waals surface area contributed by atoms with Gasteiger partial charge in [-0.3, -0.25) is 4.68 Å². The average Bonchev–Trinajstić information content (AvgIpc) is 2.80. The molecule has 2 aromatic heterocycles. The molecule has 0 aliphatic rings. The van der Waals surface area contributed by atoms with Crippen LogP contribution in [0.2, 0.25) is 0 Å². The Labute approximate surface area is 117 Å². The lowest BCUT2D eigenvalue weighted by Crippen LogP contribution is -2.05. The zero-order chi connectivity index (χ0) is 14.5. The third kappa shape index (κ3) is 3.14. The minimum atomic E-state index is -0.359. The SMILES string of the molecule is CCOC(=O)c1ccc(Nc2cn(C)nc2CC)nc1. The first-order chi connectivity index (χ1) is 9.63. The van der Waals surface area contributed by atoms with Crippen molar-refractivity contribution in [2.75, 3.05) is 11.9 Å². The lowest BCUT2D eigenvalue weighted by atomic mass is 10.2. The molecule has 6 nitrogen and oxygen atoms in total. The van der Waals surface area contributed by atoms with Crippen molar-refractivity contribution >= 4 is 17.5 Å². The van der Waals surface area contributed by atoms with Crippen LogP contribution in [0, 0.1) is 0 Å². The molecule has 6 heteroatoms. The zero-order valence-corrected chi connectivity index (χ0v) is 11.9. The number of carbonyl (C=O) groups excluding carboxylic acids is 1. The molecule has 2 aromatic rings. The van der Waals surface area contributed by atoms with Crippen LogP contribution in [0.4, 0.5) is 11.5 Å². The molecule has 0 saturated heterocycles. The molecule has 2 heterocycles. The van der Waals surface area contributed by atoms with Crippen LogP contribution >= 0.6 is 0 Å². The molecular weight excluding hydrogens is 256 g/mol. The number of rotatable bonds is 5. The van der Waals surface area contributed by atoms with E-state index in [0.29, 0.717) is 18.0 Å². The van der Waals surface area contributed by atoms with Crippen LogP contribution in [0.15, 0.2) is 24.5 Å². The fourth-order valence-electron chi connectivity index (χ4n) is 1.84. The number of nitrogens with zero attached hydrogens (tertiary/aromatic N) is 3. The highest BCUT2D eigenvalue weighted by Gasteiger charge is 2.09. The molecule has 0 unspecified atom stereocenters. The molecular formula is C14H18N4O2. The molecule has 1 N–H and O–H groups in total. The summed E-state index contributed by atoms with van der Waals surface area (Å²) in [7, 11) is 1.88. The minimum absolute atomic E-state index is 0.356. The summed E-state index contributed by atoms with van der Waals surface area (Å²) in [6.07, 6.45) is 4.24. The van der Waals surface area contributed by atoms with Gasteiger partial charge in [0, 0.05) is 19.4 Å². The molecule has 0 fully saturated rings. The van der Waals surface area contributed by atoms with Crippen molar-refractivity contribution < 1.29 is 9.53 Å². The molecule has 0 aliphatic carbocycles. The van der Waals surface area contributed by atoms with Crippen molar-refractivity contribution in [1.29, 1.82) is 0 Å². The lowest BCUT2D eigenvalue weighted by molar-refractivity contribution is 0.0526. The number of hydrogen-bond acceptors (Lipinski definition) is 5. The number of carbonyl (C=O) groups is 1. The van der Waals surface area contributed by atoms with Crippen molar-refractivity contribution in [1.82, 2.24) is 14.8 Å². The van der Waals surface area contributed by atoms with Gasteiger partial charge < -0.3 is 10.1 Å². The van der Waals surface area contributed by atoms with Gasteiger partial charge in [-0.05, 0) is 25.5 Å². The number of ether oxygens (including phenoxy) is 1. The first-order valence-corrected chi connectivity index (χ1v) is 6.56. The third-order valence-electron chi connectivity index (χ3n) is 2.78. The van der Waals surface area contributed by atoms with Gasteiger partial charge in [-0.25, -0.2) is 9.78 Å². The minimum Gasteiger partial charge on any atom is -0.462 e. The van der Waals surface area contributed by atoms with E-state index in [2.05, 4.69) is 15.4 Å². The van der Waals surface area contributed by atoms with E-state index in [1.165, 1.54) is 6.20 Å². The smallest absolute Gasteiger partial charge is 0.339 e. The van der Waals surface area contributed by atoms with Gasteiger partial charge in [-0.1, -0.05) is 6.92 Å². The first-order valence-electron chi connectivity index (χ1n) is 6.56. The van der Waals surface area contributed by atoms with Crippen molar-refractivity contribution in [3.8, 4) is 0 Å². The highest BCUT2D eigenvalue weighted by Crippen LogP contribution is 2.19. The number of hydrogen-bond donors (Lipinski definition) is 1. The Bertz CT molecular complexity index is 590. The molecule has 0 saturated carbocycles. The van der Waals surface area contributed by atoms with Crippen LogP contribution in [0.1, 0.15) is 29.9 Å². The molecule has 106 valence electrons. The quantitative estimate of drug-likeness (QED) is 0.847. The maximum atomic E-state index is 11.5. The standard InChI is InChI=1S/C14H18N4O2/c1-4-11-12(9-18(3)17-11)16-13-7-6-10(8-15-13)14(19)20-5-2/h6-9H,4-5H2,1-3H3,(H,15,16). The van der Waals surface area contributed by atoms with Crippen molar-refractivity contribution in [3.05, 3.63) is 35.8 Å². The molecule has 0 atom stereocenters. The summed E-state index contributed by atoms with van der Waals surface area (Å²) in [6, 6.07) is 3.44. The van der Waals surface area contributed by atoms with E-state index >= 15 is 0 Å². The Hall–Kier alpha value is -2.37. The van der Waals surface area contributed by atoms with Crippen LogP contribution in [0.25, 0.3) is 0 Å². The predicted molar refractivity (Wildman–Crippen MR) is 76.1 cm³/mol. The van der Waals surface area contributed by atoms with Crippen LogP contribution in [-0.2, 0) is 18.2 Å². The second kappa shape index (κ2) is 6.18. The molecule has 20 heavy (non-hydrogen) atoms. The van der Waals surface area contributed by atoms with E-state index in [9.17, 15) is 4.79 Å². The van der Waals surface area contributed by atoms with E-state index in [1.807, 2.05) is 20.2 Å². The largest absolute Gasteiger partial charge is 0.462 e. The average molecular weight is 274 g/mol. The lowest BCUT2D eigenvalue weighted by Gasteiger charge is -2.05. The van der Waals surface area contributed by atoms with E-state index in [4.69, 9.17) is 4.74 Å². The normalized spacial score (nSPS) is 10.3. The van der Waals surface area contributed by atoms with E-state index in [0.717, 1.165) is 17.8 Å². The van der Waals surface area contributed by atoms with Crippen molar-refractivity contribution in [3.63, 3.8) is 0 Å². The molecule has 0 aliphatic heterocycles. The number of aromatic nitrogens is 3. The summed E-state index contributed by atoms with van der Waals surface area (Å²) in [5.41, 5.74) is 2.34. The summed E-state index contributed by atoms with van der Waals surface area (Å²) in [4.78, 5) is 15.7. The number of anilines is 2. The number of aryl methyl sites for hydroxylation is 2. The summed E-state index contributed by atoms with van der Waals surface area (Å²) in [5.74, 6) is 0.308. The van der Waals surface area contributed by atoms with Crippen molar-refractivity contribution in [2.24, 2.45) is 7.05 Å². The Morgan fingerprint density at radius 2 is 2.20 bits per heavy atom. The summed E-state index contributed by atoms with van der Waals surface area (Å²) < 4.78 is 6.67. The van der Waals surface area contributed by atoms with Gasteiger partial charge in [-0.15, -0.1) is 0 Å². The second-order valence-corrected chi connectivity index (χ2v) is 4.29. The summed E-state index contributed by atoms with van der Waals surface area (Å²) in [5, 5.41) is 7.54. The Morgan fingerprint density at radius 3 is 2.80 bits per heavy atom. The van der Waals surface area contributed by atoms with Gasteiger partial charge in [0.2, 0.25) is 0 Å². The van der Waals surface area contributed by atoms with Gasteiger partial charge in [0.05, 0.1) is 23.6 Å². The van der Waals surface area contributed by atoms with E-state index in [-0.39, 0.29) is 5.97 Å². The maximum absolute atomic E-state index is 11.5. The van der Waals surface area contributed by atoms with Gasteiger partial charge >= 0.3 is 5.97 Å². The van der Waals surface area contributed by atoms with E-state index in [1.54, 1.807) is 23.7 Å². The van der Waals surface area contributed by atoms with Crippen LogP contribution in [0.3, 0.4) is 0 Å². The fourth-order valence-corrected chi connectivity index (χ4v) is 1.84. The van der Waals surface area contributed by atoms with Crippen LogP contribution in [-0.4, -0.2) is 27.3 Å². The third-order valence-corrected chi connectivity index (χ3v) is 2.78. The predicted octanol–water partition coefficient (Wildman–Crippen LogP) is 2.30. The van der Waals surface area contributed by atoms with Crippen molar-refractivity contribution in [2.45, 2.75) is 20.3 Å². The van der Waals surface area contributed by atoms with Gasteiger partial charge in [0.1, 0.15) is 5.82 Å². The monoisotopic (exact) mass is 274 g/mol. The summed E-state index contributed by atoms with van der Waals surface area (Å²) >= 11 is 0. The molecule has 0 spiro atoms. The Balaban J connectivity index is 2.12. The number of pyridine rings is 1. The van der Waals surface area contributed by atoms with Gasteiger partial charge in [0.15, 0.2) is 0 Å². The zero-order valence-electron chi connectivity index (χ0n) is 11.9. The molecule has 0 amide bonds. The van der Waals surface area contributed by atoms with Crippen LogP contribution < -0.4 is 5.32 Å². The van der Waals surface area contributed by atoms with Gasteiger partial charge in [0.25, 0.3) is 0 Å². The first kappa shape index (κ1) is 14.0. The Morgan fingerprint density at radius 1 is 1.40 bits per heavy atom. The van der Waals surface area contributed by atoms with Crippen LogP contribution in [0.5, 0.6) is 0 Å².